The van der Waals surface area contributed by atoms with Crippen LogP contribution in [0.15, 0.2) is 24.3 Å². The van der Waals surface area contributed by atoms with Crippen molar-refractivity contribution in [2.45, 2.75) is 26.7 Å². The van der Waals surface area contributed by atoms with Gasteiger partial charge in [0.1, 0.15) is 0 Å². The summed E-state index contributed by atoms with van der Waals surface area (Å²) in [6.07, 6.45) is 1.86. The van der Waals surface area contributed by atoms with Crippen LogP contribution in [0, 0.1) is 0 Å². The minimum absolute atomic E-state index is 0.452. The Hall–Kier alpha value is -1.88. The molecule has 1 aromatic carbocycles. The average Bonchev–Trinajstić information content (AvgIpc) is 2.57. The van der Waals surface area contributed by atoms with Crippen LogP contribution in [0.2, 0.25) is 0 Å². The monoisotopic (exact) mass is 303 g/mol. The van der Waals surface area contributed by atoms with Crippen LogP contribution in [-0.4, -0.2) is 49.4 Å². The van der Waals surface area contributed by atoms with E-state index in [2.05, 4.69) is 24.1 Å². The fourth-order valence-corrected chi connectivity index (χ4v) is 2.81. The molecule has 22 heavy (non-hydrogen) atoms. The van der Waals surface area contributed by atoms with E-state index in [0.717, 1.165) is 43.7 Å². The van der Waals surface area contributed by atoms with Gasteiger partial charge >= 0.3 is 11.8 Å². The summed E-state index contributed by atoms with van der Waals surface area (Å²) in [5.41, 5.74) is 2.01. The molecule has 2 amide bonds. The van der Waals surface area contributed by atoms with Crippen LogP contribution in [0.5, 0.6) is 0 Å². The highest BCUT2D eigenvalue weighted by Crippen LogP contribution is 2.26. The van der Waals surface area contributed by atoms with Gasteiger partial charge in [0.15, 0.2) is 0 Å². The third-order valence-corrected chi connectivity index (χ3v) is 4.16. The lowest BCUT2D eigenvalue weighted by molar-refractivity contribution is -0.137. The Labute approximate surface area is 132 Å². The number of hydrogen-bond donors (Lipinski definition) is 1. The highest BCUT2D eigenvalue weighted by atomic mass is 16.2. The standard InChI is InChI=1S/C17H25N3O2/c1-3-19(4-2)13-11-18-16(21)17(22)20-12-7-9-14-8-5-6-10-15(14)20/h5-6,8,10H,3-4,7,9,11-13H2,1-2H3,(H,18,21). The van der Waals surface area contributed by atoms with E-state index in [1.54, 1.807) is 4.90 Å². The number of carbonyl (C=O) groups excluding carboxylic acids is 2. The molecule has 0 atom stereocenters. The molecular weight excluding hydrogens is 278 g/mol. The maximum Gasteiger partial charge on any atom is 0.316 e. The third kappa shape index (κ3) is 3.85. The van der Waals surface area contributed by atoms with Crippen molar-refractivity contribution < 1.29 is 9.59 Å². The fourth-order valence-electron chi connectivity index (χ4n) is 2.81. The zero-order chi connectivity index (χ0) is 15.9. The van der Waals surface area contributed by atoms with Crippen molar-refractivity contribution in [3.8, 4) is 0 Å². The van der Waals surface area contributed by atoms with Gasteiger partial charge in [0.2, 0.25) is 0 Å². The number of fused-ring (bicyclic) bond motifs is 1. The molecule has 120 valence electrons. The molecular formula is C17H25N3O2. The van der Waals surface area contributed by atoms with E-state index < -0.39 is 11.8 Å². The summed E-state index contributed by atoms with van der Waals surface area (Å²) in [6.45, 7) is 7.94. The van der Waals surface area contributed by atoms with E-state index in [-0.39, 0.29) is 0 Å². The zero-order valence-electron chi connectivity index (χ0n) is 13.5. The molecule has 0 radical (unpaired) electrons. The van der Waals surface area contributed by atoms with Gasteiger partial charge in [-0.2, -0.15) is 0 Å². The number of nitrogens with zero attached hydrogens (tertiary/aromatic N) is 2. The number of rotatable bonds is 5. The van der Waals surface area contributed by atoms with Crippen LogP contribution >= 0.6 is 0 Å². The Balaban J connectivity index is 1.93. The molecule has 5 nitrogen and oxygen atoms in total. The topological polar surface area (TPSA) is 52.7 Å². The van der Waals surface area contributed by atoms with Gasteiger partial charge in [-0.25, -0.2) is 0 Å². The van der Waals surface area contributed by atoms with Crippen LogP contribution in [0.3, 0.4) is 0 Å². The van der Waals surface area contributed by atoms with Crippen molar-refractivity contribution >= 4 is 17.5 Å². The van der Waals surface area contributed by atoms with Crippen molar-refractivity contribution in [1.29, 1.82) is 0 Å². The summed E-state index contributed by atoms with van der Waals surface area (Å²) < 4.78 is 0. The number of carbonyl (C=O) groups is 2. The lowest BCUT2D eigenvalue weighted by atomic mass is 10.0. The molecule has 0 fully saturated rings. The van der Waals surface area contributed by atoms with E-state index >= 15 is 0 Å². The van der Waals surface area contributed by atoms with E-state index in [0.29, 0.717) is 13.1 Å². The number of para-hydroxylation sites is 1. The SMILES string of the molecule is CCN(CC)CCNC(=O)C(=O)N1CCCc2ccccc21. The lowest BCUT2D eigenvalue weighted by Gasteiger charge is -2.29. The van der Waals surface area contributed by atoms with Crippen LogP contribution in [-0.2, 0) is 16.0 Å². The number of benzene rings is 1. The maximum absolute atomic E-state index is 12.4. The molecule has 2 rings (SSSR count). The van der Waals surface area contributed by atoms with Crippen LogP contribution in [0.1, 0.15) is 25.8 Å². The molecule has 0 unspecified atom stereocenters. The second-order valence-corrected chi connectivity index (χ2v) is 5.47. The van der Waals surface area contributed by atoms with Crippen LogP contribution in [0.25, 0.3) is 0 Å². The summed E-state index contributed by atoms with van der Waals surface area (Å²) in [7, 11) is 0. The van der Waals surface area contributed by atoms with Crippen molar-refractivity contribution in [2.24, 2.45) is 0 Å². The number of amides is 2. The quantitative estimate of drug-likeness (QED) is 0.837. The van der Waals surface area contributed by atoms with Gasteiger partial charge in [-0.05, 0) is 37.6 Å². The normalized spacial score (nSPS) is 13.9. The van der Waals surface area contributed by atoms with Crippen molar-refractivity contribution in [1.82, 2.24) is 10.2 Å². The number of aryl methyl sites for hydroxylation is 1. The van der Waals surface area contributed by atoms with Crippen molar-refractivity contribution in [2.75, 3.05) is 37.6 Å². The van der Waals surface area contributed by atoms with Gasteiger partial charge < -0.3 is 15.1 Å². The maximum atomic E-state index is 12.4. The van der Waals surface area contributed by atoms with Crippen LogP contribution in [0.4, 0.5) is 5.69 Å². The molecule has 0 aliphatic carbocycles. The lowest BCUT2D eigenvalue weighted by Crippen LogP contribution is -2.46. The van der Waals surface area contributed by atoms with Crippen LogP contribution < -0.4 is 10.2 Å². The number of likely N-dealkylation sites (N-methyl/N-ethyl adjacent to an activating group) is 1. The van der Waals surface area contributed by atoms with Gasteiger partial charge in [-0.1, -0.05) is 32.0 Å². The first-order valence-corrected chi connectivity index (χ1v) is 8.07. The molecule has 1 heterocycles. The Morgan fingerprint density at radius 1 is 1.23 bits per heavy atom. The van der Waals surface area contributed by atoms with Crippen molar-refractivity contribution in [3.05, 3.63) is 29.8 Å². The molecule has 1 aromatic rings. The zero-order valence-corrected chi connectivity index (χ0v) is 13.5. The minimum atomic E-state index is -0.510. The molecule has 1 aliphatic rings. The Morgan fingerprint density at radius 2 is 1.95 bits per heavy atom. The predicted molar refractivity (Wildman–Crippen MR) is 87.9 cm³/mol. The molecule has 0 aromatic heterocycles. The summed E-state index contributed by atoms with van der Waals surface area (Å²) in [6, 6.07) is 7.81. The van der Waals surface area contributed by atoms with Gasteiger partial charge in [0, 0.05) is 25.3 Å². The van der Waals surface area contributed by atoms with E-state index in [1.807, 2.05) is 24.3 Å². The van der Waals surface area contributed by atoms with Crippen molar-refractivity contribution in [3.63, 3.8) is 0 Å². The third-order valence-electron chi connectivity index (χ3n) is 4.16. The Morgan fingerprint density at radius 3 is 2.68 bits per heavy atom. The van der Waals surface area contributed by atoms with Gasteiger partial charge in [0.05, 0.1) is 0 Å². The second-order valence-electron chi connectivity index (χ2n) is 5.47. The molecule has 5 heteroatoms. The second kappa shape index (κ2) is 7.94. The molecule has 0 bridgehead atoms. The smallest absolute Gasteiger partial charge is 0.316 e. The number of hydrogen-bond acceptors (Lipinski definition) is 3. The molecule has 0 spiro atoms. The number of nitrogens with one attached hydrogen (secondary N) is 1. The molecule has 1 aliphatic heterocycles. The Bertz CT molecular complexity index is 526. The number of anilines is 1. The first-order valence-electron chi connectivity index (χ1n) is 8.07. The van der Waals surface area contributed by atoms with Gasteiger partial charge in [-0.3, -0.25) is 9.59 Å². The fraction of sp³-hybridized carbons (Fsp3) is 0.529. The van der Waals surface area contributed by atoms with Gasteiger partial charge in [-0.15, -0.1) is 0 Å². The molecule has 1 N–H and O–H groups in total. The van der Waals surface area contributed by atoms with E-state index in [4.69, 9.17) is 0 Å². The Kier molecular flexibility index (Phi) is 5.95. The average molecular weight is 303 g/mol. The highest BCUT2D eigenvalue weighted by Gasteiger charge is 2.26. The predicted octanol–water partition coefficient (Wildman–Crippen LogP) is 1.42. The van der Waals surface area contributed by atoms with Gasteiger partial charge in [0.25, 0.3) is 0 Å². The summed E-state index contributed by atoms with van der Waals surface area (Å²) in [5.74, 6) is -0.962. The highest BCUT2D eigenvalue weighted by molar-refractivity contribution is 6.40. The summed E-state index contributed by atoms with van der Waals surface area (Å²) >= 11 is 0. The first-order chi connectivity index (χ1) is 10.7. The van der Waals surface area contributed by atoms with E-state index in [1.165, 1.54) is 0 Å². The first kappa shape index (κ1) is 16.5. The molecule has 0 saturated carbocycles. The molecule has 0 saturated heterocycles. The largest absolute Gasteiger partial charge is 0.347 e. The summed E-state index contributed by atoms with van der Waals surface area (Å²) in [5, 5.41) is 2.74. The minimum Gasteiger partial charge on any atom is -0.347 e. The van der Waals surface area contributed by atoms with E-state index in [9.17, 15) is 9.59 Å². The summed E-state index contributed by atoms with van der Waals surface area (Å²) in [4.78, 5) is 28.3.